The van der Waals surface area contributed by atoms with Gasteiger partial charge in [0.15, 0.2) is 5.13 Å². The number of thiazole rings is 1. The Morgan fingerprint density at radius 1 is 1.42 bits per heavy atom. The van der Waals surface area contributed by atoms with Crippen LogP contribution in [-0.4, -0.2) is 10.9 Å². The molecule has 1 aromatic carbocycles. The van der Waals surface area contributed by atoms with Crippen LogP contribution in [0.3, 0.4) is 0 Å². The zero-order valence-corrected chi connectivity index (χ0v) is 11.6. The SMILES string of the molecule is CCC(C)C(=O)Nc1nc(-c2ccc(F)cc2)cs1. The molecule has 0 aliphatic carbocycles. The summed E-state index contributed by atoms with van der Waals surface area (Å²) >= 11 is 1.37. The van der Waals surface area contributed by atoms with Crippen molar-refractivity contribution in [1.82, 2.24) is 4.98 Å². The van der Waals surface area contributed by atoms with E-state index in [-0.39, 0.29) is 17.6 Å². The second kappa shape index (κ2) is 5.93. The maximum atomic E-state index is 12.8. The first-order chi connectivity index (χ1) is 9.10. The Labute approximate surface area is 115 Å². The van der Waals surface area contributed by atoms with Crippen molar-refractivity contribution in [2.45, 2.75) is 20.3 Å². The molecule has 2 rings (SSSR count). The van der Waals surface area contributed by atoms with Gasteiger partial charge in [0.05, 0.1) is 5.69 Å². The quantitative estimate of drug-likeness (QED) is 0.920. The minimum absolute atomic E-state index is 0.0255. The molecule has 1 amide bonds. The molecule has 3 nitrogen and oxygen atoms in total. The molecule has 2 aromatic rings. The van der Waals surface area contributed by atoms with E-state index in [9.17, 15) is 9.18 Å². The molecule has 0 fully saturated rings. The van der Waals surface area contributed by atoms with Crippen molar-refractivity contribution in [3.05, 3.63) is 35.5 Å². The molecule has 0 radical (unpaired) electrons. The van der Waals surface area contributed by atoms with Crippen molar-refractivity contribution in [3.63, 3.8) is 0 Å². The van der Waals surface area contributed by atoms with Gasteiger partial charge in [-0.25, -0.2) is 9.37 Å². The Kier molecular flexibility index (Phi) is 4.27. The lowest BCUT2D eigenvalue weighted by atomic mass is 10.1. The fraction of sp³-hybridized carbons (Fsp3) is 0.286. The molecular formula is C14H15FN2OS. The van der Waals surface area contributed by atoms with Gasteiger partial charge >= 0.3 is 0 Å². The monoisotopic (exact) mass is 278 g/mol. The molecule has 0 saturated carbocycles. The van der Waals surface area contributed by atoms with Crippen molar-refractivity contribution < 1.29 is 9.18 Å². The van der Waals surface area contributed by atoms with E-state index in [0.29, 0.717) is 5.13 Å². The number of rotatable bonds is 4. The van der Waals surface area contributed by atoms with Crippen LogP contribution in [0.2, 0.25) is 0 Å². The zero-order chi connectivity index (χ0) is 13.8. The molecule has 1 unspecified atom stereocenters. The van der Waals surface area contributed by atoms with E-state index >= 15 is 0 Å². The summed E-state index contributed by atoms with van der Waals surface area (Å²) in [6.45, 7) is 3.85. The predicted octanol–water partition coefficient (Wildman–Crippen LogP) is 3.93. The lowest BCUT2D eigenvalue weighted by Crippen LogP contribution is -2.19. The van der Waals surface area contributed by atoms with E-state index in [0.717, 1.165) is 17.7 Å². The molecular weight excluding hydrogens is 263 g/mol. The third-order valence-electron chi connectivity index (χ3n) is 2.93. The number of hydrogen-bond donors (Lipinski definition) is 1. The van der Waals surface area contributed by atoms with E-state index in [1.807, 2.05) is 19.2 Å². The highest BCUT2D eigenvalue weighted by Crippen LogP contribution is 2.25. The first kappa shape index (κ1) is 13.7. The van der Waals surface area contributed by atoms with Crippen molar-refractivity contribution in [2.75, 3.05) is 5.32 Å². The molecule has 5 heteroatoms. The van der Waals surface area contributed by atoms with Crippen molar-refractivity contribution in [3.8, 4) is 11.3 Å². The average molecular weight is 278 g/mol. The topological polar surface area (TPSA) is 42.0 Å². The summed E-state index contributed by atoms with van der Waals surface area (Å²) in [6, 6.07) is 6.13. The fourth-order valence-electron chi connectivity index (χ4n) is 1.50. The zero-order valence-electron chi connectivity index (χ0n) is 10.8. The van der Waals surface area contributed by atoms with Gasteiger partial charge in [0, 0.05) is 16.9 Å². The maximum absolute atomic E-state index is 12.8. The second-order valence-corrected chi connectivity index (χ2v) is 5.20. The van der Waals surface area contributed by atoms with Crippen LogP contribution in [-0.2, 0) is 4.79 Å². The van der Waals surface area contributed by atoms with Crippen LogP contribution in [0.4, 0.5) is 9.52 Å². The Hall–Kier alpha value is -1.75. The van der Waals surface area contributed by atoms with Crippen LogP contribution < -0.4 is 5.32 Å². The van der Waals surface area contributed by atoms with Gasteiger partial charge in [-0.2, -0.15) is 0 Å². The Bertz CT molecular complexity index is 565. The summed E-state index contributed by atoms with van der Waals surface area (Å²) in [5.74, 6) is -0.329. The standard InChI is InChI=1S/C14H15FN2OS/c1-3-9(2)13(18)17-14-16-12(8-19-14)10-4-6-11(15)7-5-10/h4-9H,3H2,1-2H3,(H,16,17,18). The molecule has 0 aliphatic heterocycles. The molecule has 19 heavy (non-hydrogen) atoms. The van der Waals surface area contributed by atoms with Gasteiger partial charge in [-0.1, -0.05) is 13.8 Å². The van der Waals surface area contributed by atoms with Crippen LogP contribution in [0.25, 0.3) is 11.3 Å². The third kappa shape index (κ3) is 3.38. The van der Waals surface area contributed by atoms with E-state index in [1.165, 1.54) is 23.5 Å². The number of halogens is 1. The summed E-state index contributed by atoms with van der Waals surface area (Å²) in [5.41, 5.74) is 1.58. The molecule has 0 saturated heterocycles. The Balaban J connectivity index is 2.11. The second-order valence-electron chi connectivity index (χ2n) is 4.34. The fourth-order valence-corrected chi connectivity index (χ4v) is 2.22. The smallest absolute Gasteiger partial charge is 0.228 e. The molecule has 0 bridgehead atoms. The summed E-state index contributed by atoms with van der Waals surface area (Å²) < 4.78 is 12.8. The molecule has 100 valence electrons. The van der Waals surface area contributed by atoms with Crippen LogP contribution in [0.5, 0.6) is 0 Å². The van der Waals surface area contributed by atoms with Gasteiger partial charge in [0.25, 0.3) is 0 Å². The van der Waals surface area contributed by atoms with Crippen molar-refractivity contribution >= 4 is 22.4 Å². The Morgan fingerprint density at radius 3 is 2.74 bits per heavy atom. The molecule has 1 heterocycles. The lowest BCUT2D eigenvalue weighted by Gasteiger charge is -2.06. The highest BCUT2D eigenvalue weighted by molar-refractivity contribution is 7.14. The van der Waals surface area contributed by atoms with Gasteiger partial charge in [0.1, 0.15) is 5.82 Å². The highest BCUT2D eigenvalue weighted by atomic mass is 32.1. The number of nitrogens with one attached hydrogen (secondary N) is 1. The van der Waals surface area contributed by atoms with Gasteiger partial charge < -0.3 is 5.32 Å². The van der Waals surface area contributed by atoms with Gasteiger partial charge in [0.2, 0.25) is 5.91 Å². The van der Waals surface area contributed by atoms with E-state index in [1.54, 1.807) is 12.1 Å². The Morgan fingerprint density at radius 2 is 2.11 bits per heavy atom. The van der Waals surface area contributed by atoms with E-state index < -0.39 is 0 Å². The van der Waals surface area contributed by atoms with Crippen molar-refractivity contribution in [2.24, 2.45) is 5.92 Å². The molecule has 1 N–H and O–H groups in total. The number of hydrogen-bond acceptors (Lipinski definition) is 3. The van der Waals surface area contributed by atoms with Crippen LogP contribution in [0.1, 0.15) is 20.3 Å². The molecule has 0 aliphatic rings. The van der Waals surface area contributed by atoms with Crippen molar-refractivity contribution in [1.29, 1.82) is 0 Å². The average Bonchev–Trinajstić information content (AvgIpc) is 2.87. The molecule has 1 atom stereocenters. The van der Waals surface area contributed by atoms with Crippen LogP contribution in [0, 0.1) is 11.7 Å². The number of nitrogens with zero attached hydrogens (tertiary/aromatic N) is 1. The van der Waals surface area contributed by atoms with Gasteiger partial charge in [-0.15, -0.1) is 11.3 Å². The van der Waals surface area contributed by atoms with E-state index in [4.69, 9.17) is 0 Å². The number of aromatic nitrogens is 1. The largest absolute Gasteiger partial charge is 0.302 e. The molecule has 1 aromatic heterocycles. The van der Waals surface area contributed by atoms with Gasteiger partial charge in [-0.3, -0.25) is 4.79 Å². The number of benzene rings is 1. The number of carbonyl (C=O) groups is 1. The normalized spacial score (nSPS) is 12.2. The number of anilines is 1. The first-order valence-electron chi connectivity index (χ1n) is 6.12. The number of carbonyl (C=O) groups excluding carboxylic acids is 1. The van der Waals surface area contributed by atoms with E-state index in [2.05, 4.69) is 10.3 Å². The van der Waals surface area contributed by atoms with Gasteiger partial charge in [-0.05, 0) is 30.7 Å². The lowest BCUT2D eigenvalue weighted by molar-refractivity contribution is -0.119. The summed E-state index contributed by atoms with van der Waals surface area (Å²) in [5, 5.41) is 5.21. The summed E-state index contributed by atoms with van der Waals surface area (Å²) in [6.07, 6.45) is 0.794. The van der Waals surface area contributed by atoms with Crippen LogP contribution >= 0.6 is 11.3 Å². The summed E-state index contributed by atoms with van der Waals surface area (Å²) in [4.78, 5) is 16.1. The first-order valence-corrected chi connectivity index (χ1v) is 7.00. The maximum Gasteiger partial charge on any atom is 0.228 e. The van der Waals surface area contributed by atoms with Crippen LogP contribution in [0.15, 0.2) is 29.6 Å². The molecule has 0 spiro atoms. The predicted molar refractivity (Wildman–Crippen MR) is 75.6 cm³/mol. The number of amides is 1. The summed E-state index contributed by atoms with van der Waals surface area (Å²) in [7, 11) is 0. The minimum atomic E-state index is -0.274. The minimum Gasteiger partial charge on any atom is -0.302 e. The highest BCUT2D eigenvalue weighted by Gasteiger charge is 2.13. The third-order valence-corrected chi connectivity index (χ3v) is 3.69.